The SMILES string of the molecule is Cc1c(C(C)NCC2COCCO2)sc2ccccc12. The van der Waals surface area contributed by atoms with E-state index in [1.165, 1.54) is 20.5 Å². The van der Waals surface area contributed by atoms with E-state index < -0.39 is 0 Å². The number of hydrogen-bond donors (Lipinski definition) is 1. The molecule has 3 rings (SSSR count). The summed E-state index contributed by atoms with van der Waals surface area (Å²) in [5.74, 6) is 0. The summed E-state index contributed by atoms with van der Waals surface area (Å²) in [4.78, 5) is 1.42. The van der Waals surface area contributed by atoms with E-state index in [-0.39, 0.29) is 6.10 Å². The van der Waals surface area contributed by atoms with Gasteiger partial charge in [0.05, 0.1) is 25.9 Å². The van der Waals surface area contributed by atoms with Crippen LogP contribution in [0, 0.1) is 6.92 Å². The van der Waals surface area contributed by atoms with Gasteiger partial charge in [0.1, 0.15) is 0 Å². The quantitative estimate of drug-likeness (QED) is 0.938. The highest BCUT2D eigenvalue weighted by molar-refractivity contribution is 7.19. The monoisotopic (exact) mass is 291 g/mol. The lowest BCUT2D eigenvalue weighted by atomic mass is 10.1. The van der Waals surface area contributed by atoms with Gasteiger partial charge in [0.2, 0.25) is 0 Å². The highest BCUT2D eigenvalue weighted by Gasteiger charge is 2.18. The van der Waals surface area contributed by atoms with E-state index in [0.717, 1.165) is 13.2 Å². The number of rotatable bonds is 4. The highest BCUT2D eigenvalue weighted by atomic mass is 32.1. The van der Waals surface area contributed by atoms with Crippen molar-refractivity contribution in [3.05, 3.63) is 34.7 Å². The third kappa shape index (κ3) is 2.88. The minimum absolute atomic E-state index is 0.181. The number of benzene rings is 1. The summed E-state index contributed by atoms with van der Waals surface area (Å²) in [5.41, 5.74) is 1.39. The minimum Gasteiger partial charge on any atom is -0.376 e. The summed E-state index contributed by atoms with van der Waals surface area (Å²) in [6.45, 7) is 7.41. The Labute approximate surface area is 123 Å². The maximum Gasteiger partial charge on any atom is 0.0933 e. The Hall–Kier alpha value is -0.940. The Morgan fingerprint density at radius 3 is 2.95 bits per heavy atom. The predicted octanol–water partition coefficient (Wildman–Crippen LogP) is 3.28. The summed E-state index contributed by atoms with van der Waals surface area (Å²) >= 11 is 1.88. The number of fused-ring (bicyclic) bond motifs is 1. The third-order valence-corrected chi connectivity index (χ3v) is 5.27. The highest BCUT2D eigenvalue weighted by Crippen LogP contribution is 2.34. The molecule has 0 bridgehead atoms. The fourth-order valence-electron chi connectivity index (χ4n) is 2.66. The van der Waals surface area contributed by atoms with Crippen LogP contribution in [0.15, 0.2) is 24.3 Å². The second-order valence-electron chi connectivity index (χ2n) is 5.29. The first-order valence-electron chi connectivity index (χ1n) is 7.16. The summed E-state index contributed by atoms with van der Waals surface area (Å²) < 4.78 is 12.5. The van der Waals surface area contributed by atoms with Crippen molar-refractivity contribution in [2.75, 3.05) is 26.4 Å². The fraction of sp³-hybridized carbons (Fsp3) is 0.500. The average molecular weight is 291 g/mol. The first kappa shape index (κ1) is 14.0. The van der Waals surface area contributed by atoms with Crippen LogP contribution in [0.3, 0.4) is 0 Å². The van der Waals surface area contributed by atoms with Gasteiger partial charge in [0, 0.05) is 22.2 Å². The van der Waals surface area contributed by atoms with Crippen molar-refractivity contribution in [2.24, 2.45) is 0 Å². The van der Waals surface area contributed by atoms with Crippen LogP contribution in [0.25, 0.3) is 10.1 Å². The Kier molecular flexibility index (Phi) is 4.36. The van der Waals surface area contributed by atoms with Gasteiger partial charge in [0.25, 0.3) is 0 Å². The molecule has 0 spiro atoms. The molecule has 0 amide bonds. The lowest BCUT2D eigenvalue weighted by molar-refractivity contribution is -0.0869. The van der Waals surface area contributed by atoms with Crippen molar-refractivity contribution in [3.63, 3.8) is 0 Å². The van der Waals surface area contributed by atoms with E-state index in [4.69, 9.17) is 9.47 Å². The number of ether oxygens (including phenoxy) is 2. The Bertz CT molecular complexity index is 575. The molecule has 1 saturated heterocycles. The molecule has 20 heavy (non-hydrogen) atoms. The fourth-order valence-corrected chi connectivity index (χ4v) is 3.90. The van der Waals surface area contributed by atoms with Crippen molar-refractivity contribution in [2.45, 2.75) is 26.0 Å². The number of nitrogens with one attached hydrogen (secondary N) is 1. The zero-order valence-electron chi connectivity index (χ0n) is 12.0. The first-order valence-corrected chi connectivity index (χ1v) is 7.98. The molecule has 0 radical (unpaired) electrons. The minimum atomic E-state index is 0.181. The Balaban J connectivity index is 1.68. The molecule has 1 aliphatic heterocycles. The standard InChI is InChI=1S/C16H21NO2S/c1-11-14-5-3-4-6-15(14)20-16(11)12(2)17-9-13-10-18-7-8-19-13/h3-6,12-13,17H,7-10H2,1-2H3. The third-order valence-electron chi connectivity index (χ3n) is 3.81. The molecule has 2 heterocycles. The number of hydrogen-bond acceptors (Lipinski definition) is 4. The topological polar surface area (TPSA) is 30.5 Å². The molecule has 0 aliphatic carbocycles. The van der Waals surface area contributed by atoms with Crippen LogP contribution in [0.2, 0.25) is 0 Å². The molecule has 3 nitrogen and oxygen atoms in total. The molecule has 1 N–H and O–H groups in total. The second kappa shape index (κ2) is 6.22. The van der Waals surface area contributed by atoms with Crippen LogP contribution >= 0.6 is 11.3 Å². The molecule has 1 aromatic carbocycles. The van der Waals surface area contributed by atoms with Crippen LogP contribution < -0.4 is 5.32 Å². The van der Waals surface area contributed by atoms with Crippen molar-refractivity contribution in [1.82, 2.24) is 5.32 Å². The van der Waals surface area contributed by atoms with Gasteiger partial charge in [-0.15, -0.1) is 11.3 Å². The largest absolute Gasteiger partial charge is 0.376 e. The molecular weight excluding hydrogens is 270 g/mol. The van der Waals surface area contributed by atoms with Gasteiger partial charge >= 0.3 is 0 Å². The molecule has 1 aliphatic rings. The second-order valence-corrected chi connectivity index (χ2v) is 6.37. The van der Waals surface area contributed by atoms with E-state index >= 15 is 0 Å². The zero-order chi connectivity index (χ0) is 13.9. The molecule has 4 heteroatoms. The lowest BCUT2D eigenvalue weighted by Crippen LogP contribution is -2.38. The van der Waals surface area contributed by atoms with Crippen LogP contribution in [0.4, 0.5) is 0 Å². The number of thiophene rings is 1. The molecule has 2 atom stereocenters. The molecule has 2 aromatic rings. The normalized spacial score (nSPS) is 21.2. The molecule has 108 valence electrons. The van der Waals surface area contributed by atoms with Gasteiger partial charge in [0.15, 0.2) is 0 Å². The molecule has 1 aromatic heterocycles. The van der Waals surface area contributed by atoms with Gasteiger partial charge in [-0.05, 0) is 30.9 Å². The average Bonchev–Trinajstić information content (AvgIpc) is 2.84. The van der Waals surface area contributed by atoms with Gasteiger partial charge in [-0.3, -0.25) is 0 Å². The van der Waals surface area contributed by atoms with Crippen LogP contribution in [-0.2, 0) is 9.47 Å². The van der Waals surface area contributed by atoms with Crippen LogP contribution in [0.1, 0.15) is 23.4 Å². The smallest absolute Gasteiger partial charge is 0.0933 e. The first-order chi connectivity index (χ1) is 9.75. The van der Waals surface area contributed by atoms with Crippen molar-refractivity contribution >= 4 is 21.4 Å². The van der Waals surface area contributed by atoms with E-state index in [2.05, 4.69) is 43.4 Å². The van der Waals surface area contributed by atoms with Crippen molar-refractivity contribution in [3.8, 4) is 0 Å². The van der Waals surface area contributed by atoms with Gasteiger partial charge in [-0.2, -0.15) is 0 Å². The molecule has 0 saturated carbocycles. The summed E-state index contributed by atoms with van der Waals surface area (Å²) in [6, 6.07) is 8.96. The molecule has 2 unspecified atom stereocenters. The maximum absolute atomic E-state index is 5.67. The predicted molar refractivity (Wildman–Crippen MR) is 83.5 cm³/mol. The molecule has 1 fully saturated rings. The maximum atomic E-state index is 5.67. The van der Waals surface area contributed by atoms with Gasteiger partial charge in [-0.25, -0.2) is 0 Å². The van der Waals surface area contributed by atoms with E-state index in [1.807, 2.05) is 11.3 Å². The Morgan fingerprint density at radius 2 is 2.20 bits per heavy atom. The van der Waals surface area contributed by atoms with E-state index in [0.29, 0.717) is 19.3 Å². The summed E-state index contributed by atoms with van der Waals surface area (Å²) in [5, 5.41) is 4.95. The van der Waals surface area contributed by atoms with E-state index in [9.17, 15) is 0 Å². The van der Waals surface area contributed by atoms with Crippen LogP contribution in [-0.4, -0.2) is 32.5 Å². The summed E-state index contributed by atoms with van der Waals surface area (Å²) in [6.07, 6.45) is 0.181. The van der Waals surface area contributed by atoms with Crippen molar-refractivity contribution < 1.29 is 9.47 Å². The summed E-state index contributed by atoms with van der Waals surface area (Å²) in [7, 11) is 0. The van der Waals surface area contributed by atoms with Gasteiger partial charge in [-0.1, -0.05) is 18.2 Å². The van der Waals surface area contributed by atoms with E-state index in [1.54, 1.807) is 0 Å². The zero-order valence-corrected chi connectivity index (χ0v) is 12.8. The lowest BCUT2D eigenvalue weighted by Gasteiger charge is -2.24. The van der Waals surface area contributed by atoms with Gasteiger partial charge < -0.3 is 14.8 Å². The number of aryl methyl sites for hydroxylation is 1. The van der Waals surface area contributed by atoms with Crippen molar-refractivity contribution in [1.29, 1.82) is 0 Å². The van der Waals surface area contributed by atoms with Crippen LogP contribution in [0.5, 0.6) is 0 Å². The Morgan fingerprint density at radius 1 is 1.35 bits per heavy atom. The molecular formula is C16H21NO2S.